The maximum absolute atomic E-state index is 13.9. The molecule has 0 aromatic heterocycles. The second-order valence-electron chi connectivity index (χ2n) is 10.7. The summed E-state index contributed by atoms with van der Waals surface area (Å²) in [7, 11) is -2.81. The molecule has 2 N–H and O–H groups in total. The molecular formula is C30H39N5O6S. The van der Waals surface area contributed by atoms with Crippen molar-refractivity contribution in [3.8, 4) is 12.3 Å². The van der Waals surface area contributed by atoms with E-state index in [-0.39, 0.29) is 32.2 Å². The van der Waals surface area contributed by atoms with E-state index in [0.717, 1.165) is 0 Å². The van der Waals surface area contributed by atoms with Crippen LogP contribution in [0.1, 0.15) is 37.8 Å². The van der Waals surface area contributed by atoms with Gasteiger partial charge in [0.05, 0.1) is 32.7 Å². The van der Waals surface area contributed by atoms with Crippen LogP contribution >= 0.6 is 0 Å². The summed E-state index contributed by atoms with van der Waals surface area (Å²) in [6.07, 6.45) is 6.55. The van der Waals surface area contributed by atoms with Gasteiger partial charge < -0.3 is 15.4 Å². The number of ether oxygens (including phenoxy) is 1. The van der Waals surface area contributed by atoms with Gasteiger partial charge in [0.2, 0.25) is 11.8 Å². The number of esters is 1. The number of terminal acetylenes is 1. The fraction of sp³-hybridized carbons (Fsp3) is 0.500. The van der Waals surface area contributed by atoms with Crippen LogP contribution in [0.25, 0.3) is 10.8 Å². The molecule has 0 radical (unpaired) electrons. The number of rotatable bonds is 11. The van der Waals surface area contributed by atoms with Gasteiger partial charge in [-0.25, -0.2) is 0 Å². The zero-order chi connectivity index (χ0) is 30.3. The lowest BCUT2D eigenvalue weighted by molar-refractivity contribution is -0.144. The second kappa shape index (κ2) is 14.1. The first-order valence-electron chi connectivity index (χ1n) is 14.2. The molecule has 2 aliphatic heterocycles. The van der Waals surface area contributed by atoms with Crippen LogP contribution in [0, 0.1) is 18.3 Å². The number of nitrogens with one attached hydrogen (secondary N) is 2. The maximum Gasteiger partial charge on any atom is 0.310 e. The summed E-state index contributed by atoms with van der Waals surface area (Å²) in [6.45, 7) is 2.87. The largest absolute Gasteiger partial charge is 0.469 e. The standard InChI is InChI=1S/C30H39N5O6S/c1-4-15-31-28(36)19-32-29(37)21-35(42(39,40)34-18-12-24(20-34)30(38)41-3)25-13-16-33(17-14-25)22(2)26-11-7-9-23-8-5-6-10-27(23)26/h1,5-11,22,24-25H,12-21H2,2-3H3,(H,31,36)(H,32,37). The van der Waals surface area contributed by atoms with E-state index >= 15 is 0 Å². The molecule has 2 heterocycles. The number of nitrogens with zero attached hydrogens (tertiary/aromatic N) is 3. The number of hydrogen-bond acceptors (Lipinski definition) is 7. The zero-order valence-corrected chi connectivity index (χ0v) is 24.9. The first kappa shape index (κ1) is 31.4. The zero-order valence-electron chi connectivity index (χ0n) is 24.1. The van der Waals surface area contributed by atoms with E-state index in [4.69, 9.17) is 11.2 Å². The molecule has 4 rings (SSSR count). The molecule has 2 amide bonds. The summed E-state index contributed by atoms with van der Waals surface area (Å²) in [6, 6.07) is 14.2. The Morgan fingerprint density at radius 2 is 1.76 bits per heavy atom. The Morgan fingerprint density at radius 3 is 2.48 bits per heavy atom. The summed E-state index contributed by atoms with van der Waals surface area (Å²) < 4.78 is 35.1. The van der Waals surface area contributed by atoms with Crippen molar-refractivity contribution < 1.29 is 27.5 Å². The molecule has 0 saturated carbocycles. The third kappa shape index (κ3) is 7.28. The molecule has 0 spiro atoms. The molecule has 2 aromatic carbocycles. The highest BCUT2D eigenvalue weighted by Gasteiger charge is 2.42. The molecule has 2 aliphatic rings. The molecular weight excluding hydrogens is 558 g/mol. The molecule has 12 heteroatoms. The minimum atomic E-state index is -4.09. The fourth-order valence-electron chi connectivity index (χ4n) is 5.81. The van der Waals surface area contributed by atoms with Gasteiger partial charge in [-0.05, 0) is 42.5 Å². The molecule has 0 aliphatic carbocycles. The highest BCUT2D eigenvalue weighted by molar-refractivity contribution is 7.86. The average Bonchev–Trinajstić information content (AvgIpc) is 3.52. The van der Waals surface area contributed by atoms with Crippen molar-refractivity contribution in [3.63, 3.8) is 0 Å². The number of fused-ring (bicyclic) bond motifs is 1. The number of piperidine rings is 1. The maximum atomic E-state index is 13.9. The first-order valence-corrected chi connectivity index (χ1v) is 15.6. The molecule has 0 bridgehead atoms. The van der Waals surface area contributed by atoms with Gasteiger partial charge in [-0.2, -0.15) is 17.0 Å². The third-order valence-electron chi connectivity index (χ3n) is 8.17. The van der Waals surface area contributed by atoms with E-state index in [1.54, 1.807) is 0 Å². The van der Waals surface area contributed by atoms with Crippen LogP contribution < -0.4 is 10.6 Å². The van der Waals surface area contributed by atoms with Crippen molar-refractivity contribution >= 4 is 38.8 Å². The topological polar surface area (TPSA) is 128 Å². The summed E-state index contributed by atoms with van der Waals surface area (Å²) in [5, 5.41) is 7.32. The lowest BCUT2D eigenvalue weighted by Crippen LogP contribution is -2.55. The summed E-state index contributed by atoms with van der Waals surface area (Å²) in [5.74, 6) is 0.220. The Bertz CT molecular complexity index is 1430. The number of hydrogen-bond donors (Lipinski definition) is 2. The Balaban J connectivity index is 1.48. The smallest absolute Gasteiger partial charge is 0.310 e. The van der Waals surface area contributed by atoms with Crippen molar-refractivity contribution in [2.75, 3.05) is 52.9 Å². The monoisotopic (exact) mass is 597 g/mol. The average molecular weight is 598 g/mol. The van der Waals surface area contributed by atoms with Crippen LogP contribution in [0.15, 0.2) is 42.5 Å². The van der Waals surface area contributed by atoms with Crippen LogP contribution in [0.5, 0.6) is 0 Å². The lowest BCUT2D eigenvalue weighted by Gasteiger charge is -2.41. The van der Waals surface area contributed by atoms with E-state index in [0.29, 0.717) is 32.4 Å². The summed E-state index contributed by atoms with van der Waals surface area (Å²) in [4.78, 5) is 39.2. The van der Waals surface area contributed by atoms with Gasteiger partial charge in [0.25, 0.3) is 10.2 Å². The van der Waals surface area contributed by atoms with Crippen molar-refractivity contribution in [3.05, 3.63) is 48.0 Å². The van der Waals surface area contributed by atoms with Crippen molar-refractivity contribution in [1.29, 1.82) is 0 Å². The molecule has 2 saturated heterocycles. The molecule has 2 aromatic rings. The number of carbonyl (C=O) groups excluding carboxylic acids is 3. The Morgan fingerprint density at radius 1 is 1.05 bits per heavy atom. The Kier molecular flexibility index (Phi) is 10.6. The van der Waals surface area contributed by atoms with Crippen LogP contribution in [-0.4, -0.2) is 98.7 Å². The molecule has 42 heavy (non-hydrogen) atoms. The third-order valence-corrected chi connectivity index (χ3v) is 10.2. The van der Waals surface area contributed by atoms with Gasteiger partial charge in [0, 0.05) is 38.3 Å². The van der Waals surface area contributed by atoms with Crippen LogP contribution in [-0.2, 0) is 29.3 Å². The van der Waals surface area contributed by atoms with E-state index in [1.807, 2.05) is 12.1 Å². The number of benzene rings is 2. The Hall–Kier alpha value is -3.50. The second-order valence-corrected chi connectivity index (χ2v) is 12.6. The first-order chi connectivity index (χ1) is 20.1. The number of likely N-dealkylation sites (tertiary alicyclic amines) is 1. The highest BCUT2D eigenvalue weighted by Crippen LogP contribution is 2.32. The minimum Gasteiger partial charge on any atom is -0.469 e. The van der Waals surface area contributed by atoms with Gasteiger partial charge in [-0.3, -0.25) is 19.3 Å². The summed E-state index contributed by atoms with van der Waals surface area (Å²) >= 11 is 0. The van der Waals surface area contributed by atoms with Gasteiger partial charge in [-0.15, -0.1) is 6.42 Å². The quantitative estimate of drug-likeness (QED) is 0.295. The van der Waals surface area contributed by atoms with E-state index in [2.05, 4.69) is 58.7 Å². The van der Waals surface area contributed by atoms with Crippen molar-refractivity contribution in [2.24, 2.45) is 5.92 Å². The van der Waals surface area contributed by atoms with Gasteiger partial charge >= 0.3 is 5.97 Å². The van der Waals surface area contributed by atoms with Gasteiger partial charge in [0.15, 0.2) is 0 Å². The van der Waals surface area contributed by atoms with Crippen LogP contribution in [0.3, 0.4) is 0 Å². The Labute approximate surface area is 247 Å². The molecule has 2 fully saturated rings. The predicted octanol–water partition coefficient (Wildman–Crippen LogP) is 1.27. The fourth-order valence-corrected chi connectivity index (χ4v) is 7.67. The normalized spacial score (nSPS) is 19.3. The summed E-state index contributed by atoms with van der Waals surface area (Å²) in [5.41, 5.74) is 1.21. The van der Waals surface area contributed by atoms with Crippen molar-refractivity contribution in [2.45, 2.75) is 38.3 Å². The molecule has 226 valence electrons. The SMILES string of the molecule is C#CCNC(=O)CNC(=O)CN(C1CCN(C(C)c2cccc3ccccc23)CC1)S(=O)(=O)N1CCC(C(=O)OC)C1. The lowest BCUT2D eigenvalue weighted by atomic mass is 9.96. The number of methoxy groups -OCH3 is 1. The van der Waals surface area contributed by atoms with Crippen LogP contribution in [0.4, 0.5) is 0 Å². The number of carbonyl (C=O) groups is 3. The van der Waals surface area contributed by atoms with Gasteiger partial charge in [0.1, 0.15) is 0 Å². The number of amides is 2. The van der Waals surface area contributed by atoms with Gasteiger partial charge in [-0.1, -0.05) is 48.4 Å². The van der Waals surface area contributed by atoms with Crippen LogP contribution in [0.2, 0.25) is 0 Å². The molecule has 2 unspecified atom stereocenters. The van der Waals surface area contributed by atoms with E-state index in [9.17, 15) is 22.8 Å². The highest BCUT2D eigenvalue weighted by atomic mass is 32.2. The predicted molar refractivity (Wildman–Crippen MR) is 159 cm³/mol. The van der Waals surface area contributed by atoms with E-state index < -0.39 is 46.5 Å². The molecule has 11 nitrogen and oxygen atoms in total. The van der Waals surface area contributed by atoms with E-state index in [1.165, 1.54) is 32.1 Å². The van der Waals surface area contributed by atoms with Crippen molar-refractivity contribution in [1.82, 2.24) is 24.1 Å². The minimum absolute atomic E-state index is 0.00141. The molecule has 2 atom stereocenters.